The van der Waals surface area contributed by atoms with Gasteiger partial charge in [0, 0.05) is 41.1 Å². The molecule has 1 atom stereocenters. The molecule has 0 saturated heterocycles. The molecule has 2 aromatic rings. The average Bonchev–Trinajstić information content (AvgIpc) is 2.71. The Morgan fingerprint density at radius 1 is 1.19 bits per heavy atom. The number of anilines is 1. The number of dihydropyridines is 1. The largest absolute Gasteiger partial charge is 0.497 e. The van der Waals surface area contributed by atoms with Gasteiger partial charge in [-0.25, -0.2) is 4.98 Å². The van der Waals surface area contributed by atoms with Crippen molar-refractivity contribution in [3.05, 3.63) is 76.3 Å². The molecule has 4 rings (SSSR count). The number of Topliss-reactive ketones (excluding diaryl/α,β-unsaturated/α-hetero) is 1. The number of carbonyl (C=O) groups is 2. The van der Waals surface area contributed by atoms with E-state index in [1.807, 2.05) is 50.2 Å². The van der Waals surface area contributed by atoms with Crippen molar-refractivity contribution in [3.8, 4) is 5.75 Å². The van der Waals surface area contributed by atoms with Crippen LogP contribution in [0.1, 0.15) is 50.7 Å². The minimum absolute atomic E-state index is 0.0723. The number of pyridine rings is 1. The van der Waals surface area contributed by atoms with Crippen molar-refractivity contribution in [1.29, 1.82) is 0 Å². The fraction of sp³-hybridized carbons (Fsp3) is 0.346. The standard InChI is InChI=1S/C26H29N3O3/c1-15-9-10-27-21(11-15)29-25(31)22-16(2)28-19-13-26(3,4)14-20(30)24(19)23(22)17-7-6-8-18(12-17)32-5/h6-12,23,28H,13-14H2,1-5H3,(H,27,29,31)/t23-/m0/s1. The third-order valence-electron chi connectivity index (χ3n) is 6.07. The number of aryl methyl sites for hydroxylation is 1. The van der Waals surface area contributed by atoms with Gasteiger partial charge in [0.15, 0.2) is 5.78 Å². The molecule has 1 aromatic heterocycles. The first-order valence-corrected chi connectivity index (χ1v) is 10.8. The molecule has 0 spiro atoms. The first kappa shape index (κ1) is 21.8. The lowest BCUT2D eigenvalue weighted by molar-refractivity contribution is -0.118. The van der Waals surface area contributed by atoms with E-state index in [9.17, 15) is 9.59 Å². The summed E-state index contributed by atoms with van der Waals surface area (Å²) in [5.74, 6) is 0.489. The molecule has 0 saturated carbocycles. The van der Waals surface area contributed by atoms with Crippen LogP contribution in [0.4, 0.5) is 5.82 Å². The second-order valence-electron chi connectivity index (χ2n) is 9.38. The van der Waals surface area contributed by atoms with Gasteiger partial charge in [0.25, 0.3) is 5.91 Å². The number of ketones is 1. The van der Waals surface area contributed by atoms with Gasteiger partial charge in [-0.15, -0.1) is 0 Å². The minimum Gasteiger partial charge on any atom is -0.497 e. The fourth-order valence-corrected chi connectivity index (χ4v) is 4.68. The van der Waals surface area contributed by atoms with Crippen LogP contribution in [0.2, 0.25) is 0 Å². The highest BCUT2D eigenvalue weighted by atomic mass is 16.5. The summed E-state index contributed by atoms with van der Waals surface area (Å²) >= 11 is 0. The van der Waals surface area contributed by atoms with E-state index in [4.69, 9.17) is 4.74 Å². The Bertz CT molecular complexity index is 1160. The molecule has 1 aliphatic carbocycles. The summed E-state index contributed by atoms with van der Waals surface area (Å²) in [5.41, 5.74) is 4.57. The van der Waals surface area contributed by atoms with Crippen LogP contribution < -0.4 is 15.4 Å². The summed E-state index contributed by atoms with van der Waals surface area (Å²) in [6, 6.07) is 11.3. The summed E-state index contributed by atoms with van der Waals surface area (Å²) in [5, 5.41) is 6.31. The molecule has 2 heterocycles. The predicted molar refractivity (Wildman–Crippen MR) is 124 cm³/mol. The molecule has 166 valence electrons. The summed E-state index contributed by atoms with van der Waals surface area (Å²) in [4.78, 5) is 31.2. The molecular formula is C26H29N3O3. The zero-order chi connectivity index (χ0) is 23.0. The number of aromatic nitrogens is 1. The number of allylic oxidation sites excluding steroid dienone is 3. The van der Waals surface area contributed by atoms with Crippen molar-refractivity contribution < 1.29 is 14.3 Å². The molecule has 0 unspecified atom stereocenters. The van der Waals surface area contributed by atoms with Gasteiger partial charge in [-0.05, 0) is 61.1 Å². The molecule has 1 aliphatic heterocycles. The molecule has 1 aromatic carbocycles. The van der Waals surface area contributed by atoms with Crippen LogP contribution in [0.5, 0.6) is 5.75 Å². The number of nitrogens with zero attached hydrogens (tertiary/aromatic N) is 1. The molecule has 2 aliphatic rings. The Hall–Kier alpha value is -3.41. The van der Waals surface area contributed by atoms with E-state index in [-0.39, 0.29) is 17.1 Å². The summed E-state index contributed by atoms with van der Waals surface area (Å²) in [7, 11) is 1.61. The Balaban J connectivity index is 1.82. The van der Waals surface area contributed by atoms with E-state index in [0.29, 0.717) is 29.1 Å². The molecule has 6 heteroatoms. The maximum atomic E-state index is 13.5. The van der Waals surface area contributed by atoms with Crippen LogP contribution in [-0.4, -0.2) is 23.8 Å². The molecule has 6 nitrogen and oxygen atoms in total. The van der Waals surface area contributed by atoms with Crippen LogP contribution in [0.3, 0.4) is 0 Å². The Morgan fingerprint density at radius 2 is 1.97 bits per heavy atom. The predicted octanol–water partition coefficient (Wildman–Crippen LogP) is 4.64. The van der Waals surface area contributed by atoms with Gasteiger partial charge < -0.3 is 15.4 Å². The van der Waals surface area contributed by atoms with Crippen molar-refractivity contribution in [1.82, 2.24) is 10.3 Å². The monoisotopic (exact) mass is 431 g/mol. The van der Waals surface area contributed by atoms with Crippen molar-refractivity contribution >= 4 is 17.5 Å². The number of hydrogen-bond donors (Lipinski definition) is 2. The van der Waals surface area contributed by atoms with Crippen LogP contribution in [0.25, 0.3) is 0 Å². The smallest absolute Gasteiger partial charge is 0.255 e. The van der Waals surface area contributed by atoms with Gasteiger partial charge in [-0.1, -0.05) is 26.0 Å². The van der Waals surface area contributed by atoms with Crippen molar-refractivity contribution in [2.75, 3.05) is 12.4 Å². The van der Waals surface area contributed by atoms with Gasteiger partial charge in [-0.2, -0.15) is 0 Å². The number of ether oxygens (including phenoxy) is 1. The Labute approximate surface area is 188 Å². The van der Waals surface area contributed by atoms with Gasteiger partial charge in [0.1, 0.15) is 11.6 Å². The highest BCUT2D eigenvalue weighted by molar-refractivity contribution is 6.09. The van der Waals surface area contributed by atoms with E-state index < -0.39 is 5.92 Å². The number of hydrogen-bond acceptors (Lipinski definition) is 5. The third-order valence-corrected chi connectivity index (χ3v) is 6.07. The van der Waals surface area contributed by atoms with E-state index in [1.165, 1.54) is 0 Å². The summed E-state index contributed by atoms with van der Waals surface area (Å²) in [6.45, 7) is 8.04. The SMILES string of the molecule is COc1cccc([C@H]2C(C(=O)Nc3cc(C)ccn3)=C(C)NC3=C2C(=O)CC(C)(C)C3)c1. The zero-order valence-corrected chi connectivity index (χ0v) is 19.2. The lowest BCUT2D eigenvalue weighted by Gasteiger charge is -2.39. The van der Waals surface area contributed by atoms with E-state index >= 15 is 0 Å². The molecule has 0 bridgehead atoms. The molecular weight excluding hydrogens is 402 g/mol. The van der Waals surface area contributed by atoms with Gasteiger partial charge in [0.2, 0.25) is 0 Å². The number of amides is 1. The molecule has 0 fully saturated rings. The van der Waals surface area contributed by atoms with E-state index in [0.717, 1.165) is 28.9 Å². The second kappa shape index (κ2) is 8.26. The molecule has 2 N–H and O–H groups in total. The summed E-state index contributed by atoms with van der Waals surface area (Å²) < 4.78 is 5.43. The molecule has 0 radical (unpaired) electrons. The topological polar surface area (TPSA) is 80.3 Å². The van der Waals surface area contributed by atoms with Gasteiger partial charge >= 0.3 is 0 Å². The highest BCUT2D eigenvalue weighted by Crippen LogP contribution is 2.47. The average molecular weight is 432 g/mol. The second-order valence-corrected chi connectivity index (χ2v) is 9.38. The lowest BCUT2D eigenvalue weighted by Crippen LogP contribution is -2.39. The van der Waals surface area contributed by atoms with Crippen LogP contribution in [0, 0.1) is 12.3 Å². The minimum atomic E-state index is -0.477. The van der Waals surface area contributed by atoms with Gasteiger partial charge in [0.05, 0.1) is 7.11 Å². The van der Waals surface area contributed by atoms with Crippen LogP contribution in [0.15, 0.2) is 65.1 Å². The molecule has 32 heavy (non-hydrogen) atoms. The maximum Gasteiger partial charge on any atom is 0.255 e. The number of methoxy groups -OCH3 is 1. The maximum absolute atomic E-state index is 13.5. The normalized spacial score (nSPS) is 19.9. The van der Waals surface area contributed by atoms with Crippen molar-refractivity contribution in [2.24, 2.45) is 5.41 Å². The Morgan fingerprint density at radius 3 is 2.69 bits per heavy atom. The van der Waals surface area contributed by atoms with Crippen LogP contribution >= 0.6 is 0 Å². The number of benzene rings is 1. The lowest BCUT2D eigenvalue weighted by atomic mass is 9.68. The molecule has 1 amide bonds. The van der Waals surface area contributed by atoms with Crippen molar-refractivity contribution in [3.63, 3.8) is 0 Å². The van der Waals surface area contributed by atoms with E-state index in [2.05, 4.69) is 29.5 Å². The van der Waals surface area contributed by atoms with Crippen molar-refractivity contribution in [2.45, 2.75) is 46.5 Å². The number of carbonyl (C=O) groups excluding carboxylic acids is 2. The first-order valence-electron chi connectivity index (χ1n) is 10.8. The van der Waals surface area contributed by atoms with Gasteiger partial charge in [-0.3, -0.25) is 9.59 Å². The fourth-order valence-electron chi connectivity index (χ4n) is 4.68. The zero-order valence-electron chi connectivity index (χ0n) is 19.2. The van der Waals surface area contributed by atoms with E-state index in [1.54, 1.807) is 13.3 Å². The third kappa shape index (κ3) is 4.17. The quantitative estimate of drug-likeness (QED) is 0.737. The number of rotatable bonds is 4. The van der Waals surface area contributed by atoms with Crippen LogP contribution in [-0.2, 0) is 9.59 Å². The number of nitrogens with one attached hydrogen (secondary N) is 2. The highest BCUT2D eigenvalue weighted by Gasteiger charge is 2.42. The summed E-state index contributed by atoms with van der Waals surface area (Å²) in [6.07, 6.45) is 2.86. The Kier molecular flexibility index (Phi) is 5.63. The first-order chi connectivity index (χ1) is 15.2.